The molecule has 4 bridgehead atoms. The molecule has 0 saturated heterocycles. The monoisotopic (exact) mass is 394 g/mol. The van der Waals surface area contributed by atoms with Crippen molar-refractivity contribution in [3.63, 3.8) is 0 Å². The van der Waals surface area contributed by atoms with E-state index in [0.717, 1.165) is 40.6 Å². The lowest BCUT2D eigenvalue weighted by Crippen LogP contribution is -2.48. The van der Waals surface area contributed by atoms with E-state index in [2.05, 4.69) is 43.5 Å². The molecule has 1 aromatic heterocycles. The van der Waals surface area contributed by atoms with Gasteiger partial charge < -0.3 is 0 Å². The van der Waals surface area contributed by atoms with Gasteiger partial charge in [-0.1, -0.05) is 29.8 Å². The molecule has 3 nitrogen and oxygen atoms in total. The van der Waals surface area contributed by atoms with Crippen LogP contribution in [0.4, 0.5) is 5.13 Å². The van der Waals surface area contributed by atoms with Gasteiger partial charge in [-0.2, -0.15) is 0 Å². The molecule has 4 saturated carbocycles. The SMILES string of the molecule is CCN(C(=O)CC12CC3CC(CC(C3)C1)C2)c1nc(-c2ccc(C)cc2)cs1. The fourth-order valence-electron chi connectivity index (χ4n) is 6.59. The Morgan fingerprint density at radius 1 is 1.11 bits per heavy atom. The van der Waals surface area contributed by atoms with E-state index in [1.807, 2.05) is 4.90 Å². The zero-order valence-electron chi connectivity index (χ0n) is 17.0. The molecule has 0 atom stereocenters. The Labute approximate surface area is 172 Å². The maximum atomic E-state index is 13.3. The molecule has 6 rings (SSSR count). The summed E-state index contributed by atoms with van der Waals surface area (Å²) in [5.41, 5.74) is 3.63. The van der Waals surface area contributed by atoms with E-state index in [0.29, 0.717) is 6.54 Å². The van der Waals surface area contributed by atoms with Gasteiger partial charge in [-0.3, -0.25) is 9.69 Å². The van der Waals surface area contributed by atoms with Crippen LogP contribution in [0.2, 0.25) is 0 Å². The van der Waals surface area contributed by atoms with Crippen molar-refractivity contribution in [2.24, 2.45) is 23.2 Å². The van der Waals surface area contributed by atoms with Gasteiger partial charge in [-0.05, 0) is 75.5 Å². The quantitative estimate of drug-likeness (QED) is 0.616. The molecular formula is C24H30N2OS. The highest BCUT2D eigenvalue weighted by Gasteiger charge is 2.51. The summed E-state index contributed by atoms with van der Waals surface area (Å²) in [7, 11) is 0. The van der Waals surface area contributed by atoms with Gasteiger partial charge >= 0.3 is 0 Å². The first-order valence-corrected chi connectivity index (χ1v) is 11.7. The molecule has 4 heteroatoms. The number of hydrogen-bond acceptors (Lipinski definition) is 3. The predicted octanol–water partition coefficient (Wildman–Crippen LogP) is 6.08. The van der Waals surface area contributed by atoms with Gasteiger partial charge in [0, 0.05) is 23.9 Å². The summed E-state index contributed by atoms with van der Waals surface area (Å²) in [5.74, 6) is 2.96. The van der Waals surface area contributed by atoms with Gasteiger partial charge in [0.25, 0.3) is 0 Å². The Morgan fingerprint density at radius 2 is 1.71 bits per heavy atom. The van der Waals surface area contributed by atoms with Crippen LogP contribution in [-0.4, -0.2) is 17.4 Å². The van der Waals surface area contributed by atoms with Crippen molar-refractivity contribution in [3.8, 4) is 11.3 Å². The maximum absolute atomic E-state index is 13.3. The van der Waals surface area contributed by atoms with Crippen molar-refractivity contribution in [1.29, 1.82) is 0 Å². The third-order valence-electron chi connectivity index (χ3n) is 7.38. The zero-order valence-corrected chi connectivity index (χ0v) is 17.8. The van der Waals surface area contributed by atoms with E-state index in [1.54, 1.807) is 11.3 Å². The van der Waals surface area contributed by atoms with Crippen LogP contribution in [0.25, 0.3) is 11.3 Å². The number of benzene rings is 1. The average Bonchev–Trinajstić information content (AvgIpc) is 3.11. The molecule has 0 spiro atoms. The minimum atomic E-state index is 0.286. The van der Waals surface area contributed by atoms with Crippen molar-refractivity contribution < 1.29 is 4.79 Å². The summed E-state index contributed by atoms with van der Waals surface area (Å²) in [5, 5.41) is 2.94. The Morgan fingerprint density at radius 3 is 2.29 bits per heavy atom. The molecule has 2 aromatic rings. The second-order valence-electron chi connectivity index (χ2n) is 9.61. The number of hydrogen-bond donors (Lipinski definition) is 0. The van der Waals surface area contributed by atoms with E-state index in [-0.39, 0.29) is 11.3 Å². The molecule has 0 radical (unpaired) electrons. The molecule has 148 valence electrons. The topological polar surface area (TPSA) is 33.2 Å². The van der Waals surface area contributed by atoms with Crippen molar-refractivity contribution in [3.05, 3.63) is 35.2 Å². The Kier molecular flexibility index (Phi) is 4.58. The van der Waals surface area contributed by atoms with Gasteiger partial charge in [0.15, 0.2) is 5.13 Å². The third-order valence-corrected chi connectivity index (χ3v) is 8.24. The van der Waals surface area contributed by atoms with Crippen molar-refractivity contribution >= 4 is 22.4 Å². The molecule has 0 aliphatic heterocycles. The number of aryl methyl sites for hydroxylation is 1. The molecule has 4 aliphatic rings. The minimum Gasteiger partial charge on any atom is -0.288 e. The third kappa shape index (κ3) is 3.30. The van der Waals surface area contributed by atoms with Crippen molar-refractivity contribution in [1.82, 2.24) is 4.98 Å². The van der Waals surface area contributed by atoms with Crippen LogP contribution in [-0.2, 0) is 4.79 Å². The van der Waals surface area contributed by atoms with Crippen LogP contribution in [0.5, 0.6) is 0 Å². The van der Waals surface area contributed by atoms with Gasteiger partial charge in [0.05, 0.1) is 5.69 Å². The smallest absolute Gasteiger partial charge is 0.229 e. The van der Waals surface area contributed by atoms with Crippen LogP contribution in [0.15, 0.2) is 29.6 Å². The number of aromatic nitrogens is 1. The highest BCUT2D eigenvalue weighted by Crippen LogP contribution is 2.61. The summed E-state index contributed by atoms with van der Waals surface area (Å²) in [6, 6.07) is 8.46. The summed E-state index contributed by atoms with van der Waals surface area (Å²) in [6.07, 6.45) is 8.87. The highest BCUT2D eigenvalue weighted by atomic mass is 32.1. The lowest BCUT2D eigenvalue weighted by Gasteiger charge is -2.56. The molecule has 4 fully saturated rings. The first-order chi connectivity index (χ1) is 13.5. The largest absolute Gasteiger partial charge is 0.288 e. The van der Waals surface area contributed by atoms with E-state index in [1.165, 1.54) is 44.1 Å². The van der Waals surface area contributed by atoms with Crippen LogP contribution in [0, 0.1) is 30.1 Å². The van der Waals surface area contributed by atoms with Gasteiger partial charge in [0.1, 0.15) is 0 Å². The maximum Gasteiger partial charge on any atom is 0.229 e. The van der Waals surface area contributed by atoms with Gasteiger partial charge in [-0.25, -0.2) is 4.98 Å². The molecule has 0 unspecified atom stereocenters. The Balaban J connectivity index is 1.33. The summed E-state index contributed by atoms with van der Waals surface area (Å²) >= 11 is 1.60. The molecule has 28 heavy (non-hydrogen) atoms. The van der Waals surface area contributed by atoms with Crippen LogP contribution in [0.1, 0.15) is 57.4 Å². The Hall–Kier alpha value is -1.68. The molecule has 1 amide bonds. The van der Waals surface area contributed by atoms with E-state index < -0.39 is 0 Å². The highest BCUT2D eigenvalue weighted by molar-refractivity contribution is 7.14. The van der Waals surface area contributed by atoms with E-state index in [4.69, 9.17) is 4.98 Å². The number of amides is 1. The van der Waals surface area contributed by atoms with Crippen molar-refractivity contribution in [2.75, 3.05) is 11.4 Å². The summed E-state index contributed by atoms with van der Waals surface area (Å²) in [6.45, 7) is 4.87. The number of thiazole rings is 1. The molecule has 1 heterocycles. The normalized spacial score (nSPS) is 30.6. The summed E-state index contributed by atoms with van der Waals surface area (Å²) in [4.78, 5) is 20.1. The summed E-state index contributed by atoms with van der Waals surface area (Å²) < 4.78 is 0. The number of carbonyl (C=O) groups is 1. The molecular weight excluding hydrogens is 364 g/mol. The fraction of sp³-hybridized carbons (Fsp3) is 0.583. The average molecular weight is 395 g/mol. The zero-order chi connectivity index (χ0) is 19.3. The fourth-order valence-corrected chi connectivity index (χ4v) is 7.50. The second kappa shape index (κ2) is 6.98. The van der Waals surface area contributed by atoms with Crippen LogP contribution >= 0.6 is 11.3 Å². The van der Waals surface area contributed by atoms with Crippen LogP contribution in [0.3, 0.4) is 0 Å². The minimum absolute atomic E-state index is 0.286. The van der Waals surface area contributed by atoms with E-state index in [9.17, 15) is 4.79 Å². The second-order valence-corrected chi connectivity index (χ2v) is 10.5. The number of nitrogens with zero attached hydrogens (tertiary/aromatic N) is 2. The first-order valence-electron chi connectivity index (χ1n) is 10.9. The number of anilines is 1. The van der Waals surface area contributed by atoms with Gasteiger partial charge in [0.2, 0.25) is 5.91 Å². The predicted molar refractivity (Wildman–Crippen MR) is 116 cm³/mol. The van der Waals surface area contributed by atoms with Crippen LogP contribution < -0.4 is 4.90 Å². The Bertz CT molecular complexity index is 834. The first kappa shape index (κ1) is 18.4. The molecule has 4 aliphatic carbocycles. The standard InChI is InChI=1S/C24H30N2OS/c1-3-26(23-25-21(15-28-23)20-6-4-16(2)5-7-20)22(27)14-24-11-17-8-18(12-24)10-19(9-17)13-24/h4-7,15,17-19H,3,8-14H2,1-2H3. The number of carbonyl (C=O) groups excluding carboxylic acids is 1. The number of rotatable bonds is 5. The molecule has 0 N–H and O–H groups in total. The lowest BCUT2D eigenvalue weighted by atomic mass is 9.49. The molecule has 1 aromatic carbocycles. The van der Waals surface area contributed by atoms with Crippen molar-refractivity contribution in [2.45, 2.75) is 58.8 Å². The van der Waals surface area contributed by atoms with Gasteiger partial charge in [-0.15, -0.1) is 11.3 Å². The van der Waals surface area contributed by atoms with E-state index >= 15 is 0 Å². The lowest BCUT2D eigenvalue weighted by molar-refractivity contribution is -0.126.